The first-order valence-electron chi connectivity index (χ1n) is 8.03. The molecule has 25 heavy (non-hydrogen) atoms. The van der Waals surface area contributed by atoms with Crippen molar-refractivity contribution in [3.8, 4) is 0 Å². The van der Waals surface area contributed by atoms with Gasteiger partial charge in [-0.25, -0.2) is 4.39 Å². The van der Waals surface area contributed by atoms with Crippen LogP contribution in [0, 0.1) is 17.7 Å². The summed E-state index contributed by atoms with van der Waals surface area (Å²) in [5.41, 5.74) is 0.391. The van der Waals surface area contributed by atoms with Gasteiger partial charge in [-0.3, -0.25) is 14.6 Å². The summed E-state index contributed by atoms with van der Waals surface area (Å²) >= 11 is 0. The van der Waals surface area contributed by atoms with Crippen LogP contribution in [0.15, 0.2) is 29.3 Å². The van der Waals surface area contributed by atoms with E-state index in [4.69, 9.17) is 4.74 Å². The lowest BCUT2D eigenvalue weighted by molar-refractivity contribution is -0.146. The molecule has 0 radical (unpaired) electrons. The number of halogens is 1. The quantitative estimate of drug-likeness (QED) is 0.482. The molecule has 1 aromatic rings. The number of ether oxygens (including phenoxy) is 1. The fraction of sp³-hybridized carbons (Fsp3) is 0.471. The molecule has 2 atom stereocenters. The topological polar surface area (TPSA) is 83.0 Å². The number of carbonyl (C=O) groups excluding carboxylic acids is 2. The lowest BCUT2D eigenvalue weighted by atomic mass is 9.99. The van der Waals surface area contributed by atoms with E-state index in [-0.39, 0.29) is 30.3 Å². The zero-order chi connectivity index (χ0) is 18.4. The Labute approximate surface area is 146 Å². The van der Waals surface area contributed by atoms with Crippen LogP contribution in [0.5, 0.6) is 0 Å². The predicted octanol–water partition coefficient (Wildman–Crippen LogP) is 1.08. The molecule has 2 N–H and O–H groups in total. The van der Waals surface area contributed by atoms with Crippen LogP contribution in [0.4, 0.5) is 10.1 Å². The van der Waals surface area contributed by atoms with Crippen LogP contribution < -0.4 is 10.6 Å². The molecule has 0 bridgehead atoms. The van der Waals surface area contributed by atoms with Crippen LogP contribution in [-0.2, 0) is 14.3 Å². The molecule has 136 valence electrons. The summed E-state index contributed by atoms with van der Waals surface area (Å²) in [6.07, 6.45) is 0. The van der Waals surface area contributed by atoms with Crippen molar-refractivity contribution in [3.05, 3.63) is 30.1 Å². The number of rotatable bonds is 4. The molecule has 1 aromatic carbocycles. The number of hydrogen-bond acceptors (Lipinski definition) is 4. The number of nitrogens with zero attached hydrogens (tertiary/aromatic N) is 2. The van der Waals surface area contributed by atoms with E-state index in [1.807, 2.05) is 11.8 Å². The number of likely N-dealkylation sites (tertiary alicyclic amines) is 1. The Morgan fingerprint density at radius 3 is 2.80 bits per heavy atom. The molecule has 0 aromatic heterocycles. The van der Waals surface area contributed by atoms with Crippen molar-refractivity contribution in [3.63, 3.8) is 0 Å². The van der Waals surface area contributed by atoms with Crippen LogP contribution in [0.25, 0.3) is 0 Å². The highest BCUT2D eigenvalue weighted by Gasteiger charge is 2.36. The smallest absolute Gasteiger partial charge is 0.310 e. The third-order valence-corrected chi connectivity index (χ3v) is 4.14. The molecule has 1 fully saturated rings. The first-order valence-corrected chi connectivity index (χ1v) is 8.03. The molecule has 1 amide bonds. The minimum Gasteiger partial charge on any atom is -0.469 e. The number of nitrogens with one attached hydrogen (secondary N) is 2. The second-order valence-electron chi connectivity index (χ2n) is 5.97. The zero-order valence-electron chi connectivity index (χ0n) is 14.6. The summed E-state index contributed by atoms with van der Waals surface area (Å²) < 4.78 is 17.9. The number of benzene rings is 1. The molecule has 2 unspecified atom stereocenters. The number of esters is 1. The average Bonchev–Trinajstić information content (AvgIpc) is 2.96. The minimum absolute atomic E-state index is 0.0169. The van der Waals surface area contributed by atoms with Crippen molar-refractivity contribution in [2.45, 2.75) is 6.92 Å². The van der Waals surface area contributed by atoms with E-state index in [1.54, 1.807) is 13.1 Å². The Balaban J connectivity index is 1.88. The molecule has 0 aliphatic carbocycles. The Kier molecular flexibility index (Phi) is 6.32. The van der Waals surface area contributed by atoms with Gasteiger partial charge >= 0.3 is 5.97 Å². The van der Waals surface area contributed by atoms with Gasteiger partial charge in [0.1, 0.15) is 5.82 Å². The Hall–Kier alpha value is -2.64. The van der Waals surface area contributed by atoms with Crippen molar-refractivity contribution >= 4 is 23.5 Å². The molecule has 1 aliphatic heterocycles. The van der Waals surface area contributed by atoms with Gasteiger partial charge < -0.3 is 20.3 Å². The number of hydrogen-bond donors (Lipinski definition) is 2. The summed E-state index contributed by atoms with van der Waals surface area (Å²) in [5, 5.41) is 5.57. The highest BCUT2D eigenvalue weighted by Crippen LogP contribution is 2.24. The van der Waals surface area contributed by atoms with Crippen LogP contribution in [-0.4, -0.2) is 56.5 Å². The van der Waals surface area contributed by atoms with E-state index in [1.165, 1.54) is 25.3 Å². The molecular weight excluding hydrogens is 327 g/mol. The summed E-state index contributed by atoms with van der Waals surface area (Å²) in [6.45, 7) is 3.09. The molecule has 1 heterocycles. The zero-order valence-corrected chi connectivity index (χ0v) is 14.6. The fourth-order valence-electron chi connectivity index (χ4n) is 2.86. The SMILES string of the molecule is CN=C(NCC(=O)Nc1cccc(F)c1)N1CC(C)C(C(=O)OC)C1. The molecule has 8 heteroatoms. The Bertz CT molecular complexity index is 665. The standard InChI is InChI=1S/C17H23FN4O3/c1-11-9-22(10-14(11)16(24)25-3)17(19-2)20-8-15(23)21-13-6-4-5-12(18)7-13/h4-7,11,14H,8-10H2,1-3H3,(H,19,20)(H,21,23). The number of anilines is 1. The van der Waals surface area contributed by atoms with Gasteiger partial charge in [0.05, 0.1) is 19.6 Å². The molecule has 0 spiro atoms. The van der Waals surface area contributed by atoms with E-state index in [2.05, 4.69) is 15.6 Å². The molecule has 1 saturated heterocycles. The van der Waals surface area contributed by atoms with Gasteiger partial charge in [0.25, 0.3) is 0 Å². The van der Waals surface area contributed by atoms with Gasteiger partial charge in [-0.05, 0) is 24.1 Å². The number of guanidine groups is 1. The highest BCUT2D eigenvalue weighted by molar-refractivity contribution is 5.95. The van der Waals surface area contributed by atoms with E-state index < -0.39 is 5.82 Å². The lowest BCUT2D eigenvalue weighted by Gasteiger charge is -2.21. The number of amides is 1. The molecule has 1 aliphatic rings. The normalized spacial score (nSPS) is 20.3. The first kappa shape index (κ1) is 18.7. The van der Waals surface area contributed by atoms with Gasteiger partial charge in [-0.15, -0.1) is 0 Å². The van der Waals surface area contributed by atoms with Crippen LogP contribution in [0.3, 0.4) is 0 Å². The second-order valence-corrected chi connectivity index (χ2v) is 5.97. The number of carbonyl (C=O) groups is 2. The third-order valence-electron chi connectivity index (χ3n) is 4.14. The van der Waals surface area contributed by atoms with Gasteiger partial charge in [-0.1, -0.05) is 13.0 Å². The molecular formula is C17H23FN4O3. The summed E-state index contributed by atoms with van der Waals surface area (Å²) in [5.74, 6) is -0.524. The minimum atomic E-state index is -0.415. The lowest BCUT2D eigenvalue weighted by Crippen LogP contribution is -2.43. The number of aliphatic imine (C=N–C) groups is 1. The highest BCUT2D eigenvalue weighted by atomic mass is 19.1. The average molecular weight is 350 g/mol. The summed E-state index contributed by atoms with van der Waals surface area (Å²) in [6, 6.07) is 5.69. The van der Waals surface area contributed by atoms with E-state index in [9.17, 15) is 14.0 Å². The Morgan fingerprint density at radius 2 is 2.16 bits per heavy atom. The van der Waals surface area contributed by atoms with Crippen molar-refractivity contribution in [1.29, 1.82) is 0 Å². The van der Waals surface area contributed by atoms with Crippen LogP contribution in [0.2, 0.25) is 0 Å². The fourth-order valence-corrected chi connectivity index (χ4v) is 2.86. The first-order chi connectivity index (χ1) is 11.9. The van der Waals surface area contributed by atoms with Crippen LogP contribution >= 0.6 is 0 Å². The third kappa shape index (κ3) is 4.91. The van der Waals surface area contributed by atoms with Crippen LogP contribution in [0.1, 0.15) is 6.92 Å². The summed E-state index contributed by atoms with van der Waals surface area (Å²) in [7, 11) is 2.99. The maximum atomic E-state index is 13.1. The maximum absolute atomic E-state index is 13.1. The largest absolute Gasteiger partial charge is 0.469 e. The van der Waals surface area contributed by atoms with Crippen molar-refractivity contribution in [2.75, 3.05) is 39.1 Å². The van der Waals surface area contributed by atoms with Crippen molar-refractivity contribution < 1.29 is 18.7 Å². The van der Waals surface area contributed by atoms with Gasteiger partial charge in [0.15, 0.2) is 5.96 Å². The van der Waals surface area contributed by atoms with Gasteiger partial charge in [-0.2, -0.15) is 0 Å². The Morgan fingerprint density at radius 1 is 1.40 bits per heavy atom. The van der Waals surface area contributed by atoms with E-state index in [0.717, 1.165) is 0 Å². The summed E-state index contributed by atoms with van der Waals surface area (Å²) in [4.78, 5) is 29.8. The van der Waals surface area contributed by atoms with Gasteiger partial charge in [0, 0.05) is 25.8 Å². The van der Waals surface area contributed by atoms with Crippen molar-refractivity contribution in [2.24, 2.45) is 16.8 Å². The molecule has 0 saturated carbocycles. The second kappa shape index (κ2) is 8.46. The predicted molar refractivity (Wildman–Crippen MR) is 92.6 cm³/mol. The van der Waals surface area contributed by atoms with Gasteiger partial charge in [0.2, 0.25) is 5.91 Å². The van der Waals surface area contributed by atoms with E-state index >= 15 is 0 Å². The van der Waals surface area contributed by atoms with E-state index in [0.29, 0.717) is 24.7 Å². The maximum Gasteiger partial charge on any atom is 0.310 e. The molecule has 2 rings (SSSR count). The molecule has 7 nitrogen and oxygen atoms in total. The van der Waals surface area contributed by atoms with Crippen molar-refractivity contribution in [1.82, 2.24) is 10.2 Å². The monoisotopic (exact) mass is 350 g/mol. The number of methoxy groups -OCH3 is 1.